The van der Waals surface area contributed by atoms with Gasteiger partial charge in [0.05, 0.1) is 0 Å². The molecule has 1 heterocycles. The number of aromatic nitrogens is 2. The largest absolute Gasteiger partial charge is 0.378 e. The maximum atomic E-state index is 12.3. The molecule has 4 saturated carbocycles. The van der Waals surface area contributed by atoms with Crippen molar-refractivity contribution in [1.29, 1.82) is 0 Å². The molecule has 0 unspecified atom stereocenters. The van der Waals surface area contributed by atoms with Crippen molar-refractivity contribution in [2.75, 3.05) is 0 Å². The van der Waals surface area contributed by atoms with Crippen LogP contribution in [0.4, 0.5) is 0 Å². The van der Waals surface area contributed by atoms with E-state index in [0.29, 0.717) is 29.6 Å². The molecule has 4 nitrogen and oxygen atoms in total. The number of carbonyl (C=O) groups excluding carboxylic acids is 1. The molecule has 0 aliphatic heterocycles. The summed E-state index contributed by atoms with van der Waals surface area (Å²) in [6.07, 6.45) is 13.6. The van der Waals surface area contributed by atoms with Gasteiger partial charge in [0.1, 0.15) is 17.9 Å². The predicted octanol–water partition coefficient (Wildman–Crippen LogP) is 4.87. The van der Waals surface area contributed by atoms with Crippen LogP contribution in [0.15, 0.2) is 18.5 Å². The van der Waals surface area contributed by atoms with Crippen LogP contribution in [0.25, 0.3) is 0 Å². The first-order valence-electron chi connectivity index (χ1n) is 12.5. The quantitative estimate of drug-likeness (QED) is 0.692. The smallest absolute Gasteiger partial charge is 0.133 e. The predicted molar refractivity (Wildman–Crippen MR) is 121 cm³/mol. The van der Waals surface area contributed by atoms with E-state index >= 15 is 0 Å². The fraction of sp³-hybridized carbons (Fsp3) is 0.778. The second-order valence-corrected chi connectivity index (χ2v) is 11.7. The zero-order chi connectivity index (χ0) is 21.9. The van der Waals surface area contributed by atoms with Gasteiger partial charge >= 0.3 is 0 Å². The van der Waals surface area contributed by atoms with E-state index in [4.69, 9.17) is 0 Å². The number of ketones is 1. The van der Waals surface area contributed by atoms with Crippen molar-refractivity contribution >= 4 is 5.78 Å². The van der Waals surface area contributed by atoms with Crippen LogP contribution in [0.5, 0.6) is 0 Å². The van der Waals surface area contributed by atoms with Crippen molar-refractivity contribution < 1.29 is 9.90 Å². The van der Waals surface area contributed by atoms with E-state index in [9.17, 15) is 9.90 Å². The van der Waals surface area contributed by atoms with Gasteiger partial charge in [0.2, 0.25) is 0 Å². The lowest BCUT2D eigenvalue weighted by Crippen LogP contribution is -2.56. The van der Waals surface area contributed by atoms with E-state index in [1.807, 2.05) is 23.9 Å². The Balaban J connectivity index is 1.31. The average molecular weight is 423 g/mol. The second-order valence-electron chi connectivity index (χ2n) is 11.7. The number of fused-ring (bicyclic) bond motifs is 5. The molecular weight excluding hydrogens is 384 g/mol. The standard InChI is InChI=1S/C27H38N2O2/c1-19(30)22-8-9-23-21-7-6-20-18-27(31,11-4-16-29-17-5-15-28-29)14-13-25(20,2)24(21)10-12-26(22,23)3/h5,15,17,20-24,31H,6-10,12-14,16,18H2,1-3H3/t20-,21+,22-,23+,24+,25+,26-,27-/m1/s1. The summed E-state index contributed by atoms with van der Waals surface area (Å²) < 4.78 is 1.81. The van der Waals surface area contributed by atoms with Crippen LogP contribution in [0, 0.1) is 52.3 Å². The molecule has 0 radical (unpaired) electrons. The third kappa shape index (κ3) is 3.39. The Hall–Kier alpha value is -1.60. The molecule has 168 valence electrons. The van der Waals surface area contributed by atoms with Crippen molar-refractivity contribution in [3.05, 3.63) is 18.5 Å². The zero-order valence-corrected chi connectivity index (χ0v) is 19.4. The Labute approximate surface area is 187 Å². The summed E-state index contributed by atoms with van der Waals surface area (Å²) in [4.78, 5) is 12.3. The van der Waals surface area contributed by atoms with Crippen molar-refractivity contribution in [1.82, 2.24) is 9.78 Å². The minimum Gasteiger partial charge on any atom is -0.378 e. The normalized spacial score (nSPS) is 46.3. The van der Waals surface area contributed by atoms with Crippen LogP contribution in [0.1, 0.15) is 78.6 Å². The maximum absolute atomic E-state index is 12.3. The summed E-state index contributed by atoms with van der Waals surface area (Å²) in [6, 6.07) is 1.90. The molecule has 0 saturated heterocycles. The van der Waals surface area contributed by atoms with Crippen molar-refractivity contribution in [2.45, 2.75) is 90.7 Å². The Morgan fingerprint density at radius 3 is 2.65 bits per heavy atom. The maximum Gasteiger partial charge on any atom is 0.133 e. The fourth-order valence-corrected chi connectivity index (χ4v) is 8.71. The van der Waals surface area contributed by atoms with E-state index in [2.05, 4.69) is 30.8 Å². The van der Waals surface area contributed by atoms with Gasteiger partial charge in [-0.3, -0.25) is 9.48 Å². The van der Waals surface area contributed by atoms with Gasteiger partial charge in [-0.2, -0.15) is 5.10 Å². The molecule has 4 aliphatic rings. The number of aliphatic hydroxyl groups is 1. The highest BCUT2D eigenvalue weighted by Gasteiger charge is 2.61. The van der Waals surface area contributed by atoms with E-state index in [-0.39, 0.29) is 11.3 Å². The number of carbonyl (C=O) groups is 1. The molecule has 0 aromatic carbocycles. The third-order valence-corrected chi connectivity index (χ3v) is 10.3. The summed E-state index contributed by atoms with van der Waals surface area (Å²) in [7, 11) is 0. The minimum atomic E-state index is -0.847. The van der Waals surface area contributed by atoms with Gasteiger partial charge in [-0.25, -0.2) is 0 Å². The van der Waals surface area contributed by atoms with E-state index in [1.54, 1.807) is 6.20 Å². The average Bonchev–Trinajstić information content (AvgIpc) is 3.36. The van der Waals surface area contributed by atoms with Crippen LogP contribution in [0.2, 0.25) is 0 Å². The van der Waals surface area contributed by atoms with Crippen LogP contribution in [-0.4, -0.2) is 26.3 Å². The van der Waals surface area contributed by atoms with Crippen LogP contribution < -0.4 is 0 Å². The van der Waals surface area contributed by atoms with Gasteiger partial charge < -0.3 is 5.11 Å². The van der Waals surface area contributed by atoms with Crippen LogP contribution in [0.3, 0.4) is 0 Å². The Morgan fingerprint density at radius 2 is 1.90 bits per heavy atom. The lowest BCUT2D eigenvalue weighted by Gasteiger charge is -2.61. The van der Waals surface area contributed by atoms with Crippen molar-refractivity contribution in [3.8, 4) is 11.8 Å². The topological polar surface area (TPSA) is 55.1 Å². The summed E-state index contributed by atoms with van der Waals surface area (Å²) >= 11 is 0. The van der Waals surface area contributed by atoms with Gasteiger partial charge in [0.25, 0.3) is 0 Å². The van der Waals surface area contributed by atoms with Crippen LogP contribution in [-0.2, 0) is 11.3 Å². The van der Waals surface area contributed by atoms with E-state index in [0.717, 1.165) is 37.5 Å². The fourth-order valence-electron chi connectivity index (χ4n) is 8.71. The number of Topliss-reactive ketones (excluding diaryl/α,β-unsaturated/α-hetero) is 1. The Bertz CT molecular complexity index is 898. The lowest BCUT2D eigenvalue weighted by atomic mass is 9.44. The SMILES string of the molecule is CC(=O)[C@H]1CC[C@H]2[C@@H]3CC[C@@H]4C[C@@](O)(C#CCn5cccn5)CC[C@]4(C)[C@H]3CC[C@]12C. The molecule has 0 spiro atoms. The first kappa shape index (κ1) is 21.3. The van der Waals surface area contributed by atoms with Crippen molar-refractivity contribution in [2.24, 2.45) is 40.4 Å². The summed E-state index contributed by atoms with van der Waals surface area (Å²) in [5.41, 5.74) is -0.307. The zero-order valence-electron chi connectivity index (χ0n) is 19.4. The first-order chi connectivity index (χ1) is 14.8. The lowest BCUT2D eigenvalue weighted by molar-refractivity contribution is -0.144. The highest BCUT2D eigenvalue weighted by molar-refractivity contribution is 5.79. The third-order valence-electron chi connectivity index (χ3n) is 10.3. The summed E-state index contributed by atoms with van der Waals surface area (Å²) in [5.74, 6) is 9.89. The summed E-state index contributed by atoms with van der Waals surface area (Å²) in [5, 5.41) is 15.5. The molecule has 1 aromatic rings. The van der Waals surface area contributed by atoms with Crippen molar-refractivity contribution in [3.63, 3.8) is 0 Å². The molecule has 1 N–H and O–H groups in total. The molecule has 0 bridgehead atoms. The monoisotopic (exact) mass is 422 g/mol. The molecule has 4 aliphatic carbocycles. The Morgan fingerprint density at radius 1 is 1.10 bits per heavy atom. The van der Waals surface area contributed by atoms with Gasteiger partial charge in [-0.05, 0) is 105 Å². The van der Waals surface area contributed by atoms with E-state index in [1.165, 1.54) is 32.1 Å². The number of nitrogens with zero attached hydrogens (tertiary/aromatic N) is 2. The number of hydrogen-bond donors (Lipinski definition) is 1. The molecule has 5 rings (SSSR count). The molecule has 4 fully saturated rings. The summed E-state index contributed by atoms with van der Waals surface area (Å²) in [6.45, 7) is 7.30. The van der Waals surface area contributed by atoms with E-state index < -0.39 is 5.60 Å². The van der Waals surface area contributed by atoms with Gasteiger partial charge in [0.15, 0.2) is 0 Å². The highest BCUT2D eigenvalue weighted by Crippen LogP contribution is 2.68. The second kappa shape index (κ2) is 7.48. The Kier molecular flexibility index (Phi) is 5.13. The van der Waals surface area contributed by atoms with Gasteiger partial charge in [0, 0.05) is 18.3 Å². The number of hydrogen-bond acceptors (Lipinski definition) is 3. The number of rotatable bonds is 2. The molecular formula is C27H38N2O2. The molecule has 4 heteroatoms. The van der Waals surface area contributed by atoms with Gasteiger partial charge in [-0.15, -0.1) is 0 Å². The first-order valence-corrected chi connectivity index (χ1v) is 12.5. The molecule has 1 aromatic heterocycles. The highest BCUT2D eigenvalue weighted by atomic mass is 16.3. The van der Waals surface area contributed by atoms with Crippen LogP contribution >= 0.6 is 0 Å². The van der Waals surface area contributed by atoms with Gasteiger partial charge in [-0.1, -0.05) is 25.7 Å². The molecule has 0 amide bonds. The molecule has 31 heavy (non-hydrogen) atoms. The molecule has 8 atom stereocenters. The minimum absolute atomic E-state index is 0.226.